The van der Waals surface area contributed by atoms with Crippen molar-refractivity contribution in [1.82, 2.24) is 35.3 Å². The van der Waals surface area contributed by atoms with Crippen LogP contribution in [0.2, 0.25) is 0 Å². The van der Waals surface area contributed by atoms with E-state index >= 15 is 0 Å². The number of rotatable bonds is 3. The van der Waals surface area contributed by atoms with Crippen LogP contribution in [0.4, 0.5) is 4.39 Å². The summed E-state index contributed by atoms with van der Waals surface area (Å²) in [7, 11) is 0. The molecule has 150 valence electrons. The molecule has 8 heteroatoms. The van der Waals surface area contributed by atoms with Crippen LogP contribution in [-0.4, -0.2) is 35.3 Å². The maximum Gasteiger partial charge on any atom is 0.135 e. The fourth-order valence-corrected chi connectivity index (χ4v) is 3.94. The van der Waals surface area contributed by atoms with Crippen molar-refractivity contribution in [1.29, 1.82) is 0 Å². The standard InChI is InChI=1S/C23H16FN7/c1-12-4-13(6-15(24)5-12)17-10-25-11-21-16(17)7-20(28-21)23-22-19(30-31-23)3-2-18(29-22)14-8-26-27-9-14/h2-11,28H,1H3,(H,26,27)(H,30,31). The Labute approximate surface area is 175 Å². The Hall–Kier alpha value is -4.33. The van der Waals surface area contributed by atoms with Crippen molar-refractivity contribution in [3.8, 4) is 33.8 Å². The number of H-pyrrole nitrogens is 3. The van der Waals surface area contributed by atoms with Crippen molar-refractivity contribution < 1.29 is 4.39 Å². The summed E-state index contributed by atoms with van der Waals surface area (Å²) in [4.78, 5) is 12.5. The Balaban J connectivity index is 1.53. The Morgan fingerprint density at radius 3 is 2.71 bits per heavy atom. The summed E-state index contributed by atoms with van der Waals surface area (Å²) in [5, 5.41) is 15.3. The first kappa shape index (κ1) is 17.5. The Bertz CT molecular complexity index is 1540. The predicted octanol–water partition coefficient (Wildman–Crippen LogP) is 5.01. The number of aromatic nitrogens is 7. The molecule has 0 aliphatic heterocycles. The number of hydrogen-bond acceptors (Lipinski definition) is 4. The fourth-order valence-electron chi connectivity index (χ4n) is 3.94. The second-order valence-electron chi connectivity index (χ2n) is 7.50. The lowest BCUT2D eigenvalue weighted by atomic mass is 10.0. The molecule has 0 atom stereocenters. The van der Waals surface area contributed by atoms with Crippen LogP contribution < -0.4 is 0 Å². The molecule has 31 heavy (non-hydrogen) atoms. The van der Waals surface area contributed by atoms with Crippen LogP contribution >= 0.6 is 0 Å². The maximum atomic E-state index is 14.0. The molecule has 6 aromatic rings. The van der Waals surface area contributed by atoms with Gasteiger partial charge in [0.2, 0.25) is 0 Å². The summed E-state index contributed by atoms with van der Waals surface area (Å²) in [6.45, 7) is 1.88. The number of benzene rings is 1. The van der Waals surface area contributed by atoms with Crippen LogP contribution in [0.15, 0.2) is 61.2 Å². The number of hydrogen-bond donors (Lipinski definition) is 3. The number of pyridine rings is 2. The Morgan fingerprint density at radius 2 is 1.87 bits per heavy atom. The van der Waals surface area contributed by atoms with Gasteiger partial charge in [-0.05, 0) is 48.4 Å². The second-order valence-corrected chi connectivity index (χ2v) is 7.50. The average molecular weight is 409 g/mol. The summed E-state index contributed by atoms with van der Waals surface area (Å²) < 4.78 is 14.0. The van der Waals surface area contributed by atoms with E-state index in [9.17, 15) is 4.39 Å². The van der Waals surface area contributed by atoms with Gasteiger partial charge >= 0.3 is 0 Å². The van der Waals surface area contributed by atoms with Crippen molar-refractivity contribution in [2.75, 3.05) is 0 Å². The monoisotopic (exact) mass is 409 g/mol. The van der Waals surface area contributed by atoms with Crippen molar-refractivity contribution in [3.05, 3.63) is 72.6 Å². The lowest BCUT2D eigenvalue weighted by Crippen LogP contribution is -1.85. The topological polar surface area (TPSA) is 98.9 Å². The van der Waals surface area contributed by atoms with E-state index < -0.39 is 0 Å². The number of halogens is 1. The first-order valence-electron chi connectivity index (χ1n) is 9.75. The van der Waals surface area contributed by atoms with E-state index in [0.717, 1.165) is 55.6 Å². The number of nitrogens with one attached hydrogen (secondary N) is 3. The number of nitrogens with zero attached hydrogens (tertiary/aromatic N) is 4. The minimum Gasteiger partial charge on any atom is -0.352 e. The van der Waals surface area contributed by atoms with Crippen molar-refractivity contribution in [2.45, 2.75) is 6.92 Å². The smallest absolute Gasteiger partial charge is 0.135 e. The van der Waals surface area contributed by atoms with Crippen LogP contribution in [0, 0.1) is 12.7 Å². The molecule has 3 N–H and O–H groups in total. The number of fused-ring (bicyclic) bond motifs is 2. The molecule has 0 amide bonds. The highest BCUT2D eigenvalue weighted by molar-refractivity contribution is 6.00. The summed E-state index contributed by atoms with van der Waals surface area (Å²) in [6.07, 6.45) is 7.05. The molecule has 0 spiro atoms. The molecular formula is C23H16FN7. The third-order valence-electron chi connectivity index (χ3n) is 5.36. The third kappa shape index (κ3) is 2.88. The molecule has 0 fully saturated rings. The van der Waals surface area contributed by atoms with Crippen molar-refractivity contribution in [3.63, 3.8) is 0 Å². The normalized spacial score (nSPS) is 11.5. The molecule has 0 saturated carbocycles. The SMILES string of the molecule is Cc1cc(F)cc(-c2cncc3[nH]c(-c4n[nH]c5ccc(-c6cn[nH]c6)nc45)cc23)c1. The van der Waals surface area contributed by atoms with E-state index in [1.54, 1.807) is 24.8 Å². The minimum atomic E-state index is -0.267. The summed E-state index contributed by atoms with van der Waals surface area (Å²) >= 11 is 0. The van der Waals surface area contributed by atoms with E-state index in [4.69, 9.17) is 4.98 Å². The van der Waals surface area contributed by atoms with E-state index in [1.165, 1.54) is 12.1 Å². The van der Waals surface area contributed by atoms with Crippen molar-refractivity contribution >= 4 is 21.9 Å². The zero-order valence-corrected chi connectivity index (χ0v) is 16.4. The minimum absolute atomic E-state index is 0.267. The second kappa shape index (κ2) is 6.60. The van der Waals surface area contributed by atoms with Gasteiger partial charge in [0.05, 0.1) is 34.8 Å². The van der Waals surface area contributed by atoms with Crippen LogP contribution in [-0.2, 0) is 0 Å². The summed E-state index contributed by atoms with van der Waals surface area (Å²) in [6, 6.07) is 10.9. The summed E-state index contributed by atoms with van der Waals surface area (Å²) in [5.74, 6) is -0.267. The van der Waals surface area contributed by atoms with E-state index in [2.05, 4.69) is 30.4 Å². The summed E-state index contributed by atoms with van der Waals surface area (Å²) in [5.41, 5.74) is 8.15. The largest absolute Gasteiger partial charge is 0.352 e. The van der Waals surface area contributed by atoms with Crippen LogP contribution in [0.3, 0.4) is 0 Å². The van der Waals surface area contributed by atoms with E-state index in [0.29, 0.717) is 5.69 Å². The highest BCUT2D eigenvalue weighted by Crippen LogP contribution is 2.34. The van der Waals surface area contributed by atoms with Gasteiger partial charge in [0.1, 0.15) is 17.0 Å². The van der Waals surface area contributed by atoms with Crippen LogP contribution in [0.5, 0.6) is 0 Å². The van der Waals surface area contributed by atoms with Crippen molar-refractivity contribution in [2.24, 2.45) is 0 Å². The molecule has 0 aliphatic rings. The molecule has 0 unspecified atom stereocenters. The molecule has 7 nitrogen and oxygen atoms in total. The number of aryl methyl sites for hydroxylation is 1. The van der Waals surface area contributed by atoms with Crippen LogP contribution in [0.25, 0.3) is 55.7 Å². The Morgan fingerprint density at radius 1 is 0.935 bits per heavy atom. The third-order valence-corrected chi connectivity index (χ3v) is 5.36. The Kier molecular flexibility index (Phi) is 3.73. The van der Waals surface area contributed by atoms with Gasteiger partial charge in [0, 0.05) is 28.9 Å². The zero-order chi connectivity index (χ0) is 20.9. The molecule has 0 radical (unpaired) electrons. The van der Waals surface area contributed by atoms with E-state index in [1.807, 2.05) is 31.2 Å². The van der Waals surface area contributed by atoms with Gasteiger partial charge in [-0.1, -0.05) is 6.07 Å². The quantitative estimate of drug-likeness (QED) is 0.383. The van der Waals surface area contributed by atoms with Gasteiger partial charge in [0.25, 0.3) is 0 Å². The first-order valence-corrected chi connectivity index (χ1v) is 9.75. The zero-order valence-electron chi connectivity index (χ0n) is 16.4. The number of aromatic amines is 3. The molecule has 0 saturated heterocycles. The lowest BCUT2D eigenvalue weighted by molar-refractivity contribution is 0.627. The first-order chi connectivity index (χ1) is 15.2. The van der Waals surface area contributed by atoms with Crippen LogP contribution in [0.1, 0.15) is 5.56 Å². The maximum absolute atomic E-state index is 14.0. The fraction of sp³-hybridized carbons (Fsp3) is 0.0435. The highest BCUT2D eigenvalue weighted by Gasteiger charge is 2.16. The molecule has 0 aliphatic carbocycles. The van der Waals surface area contributed by atoms with Gasteiger partial charge in [-0.15, -0.1) is 0 Å². The molecule has 1 aromatic carbocycles. The van der Waals surface area contributed by atoms with Gasteiger partial charge in [-0.2, -0.15) is 10.2 Å². The molecule has 5 heterocycles. The van der Waals surface area contributed by atoms with Gasteiger partial charge in [-0.25, -0.2) is 9.37 Å². The highest BCUT2D eigenvalue weighted by atomic mass is 19.1. The van der Waals surface area contributed by atoms with E-state index in [-0.39, 0.29) is 5.82 Å². The molecule has 5 aromatic heterocycles. The van der Waals surface area contributed by atoms with Gasteiger partial charge < -0.3 is 4.98 Å². The molecular weight excluding hydrogens is 393 g/mol. The van der Waals surface area contributed by atoms with Gasteiger partial charge in [0.15, 0.2) is 0 Å². The average Bonchev–Trinajstić information content (AvgIpc) is 3.50. The lowest BCUT2D eigenvalue weighted by Gasteiger charge is -2.05. The predicted molar refractivity (Wildman–Crippen MR) is 117 cm³/mol. The molecule has 0 bridgehead atoms. The van der Waals surface area contributed by atoms with Gasteiger partial charge in [-0.3, -0.25) is 15.2 Å². The molecule has 6 rings (SSSR count).